The second-order valence-electron chi connectivity index (χ2n) is 6.79. The van der Waals surface area contributed by atoms with Gasteiger partial charge in [0.15, 0.2) is 0 Å². The molecule has 3 rings (SSSR count). The number of rotatable bonds is 3. The van der Waals surface area contributed by atoms with E-state index in [1.54, 1.807) is 24.3 Å². The van der Waals surface area contributed by atoms with E-state index in [-0.39, 0.29) is 18.3 Å². The standard InChI is InChI=1S/C19H22F4N4/c1-26-9-7-17(15(20)11-26)25-16-5-2-6-18-14(16)10-13(4-3-8-24)27(18)12-19(21,22)23/h2,5-6,10,15,17,25H,7-9,11-12,24H2,1H3/t15-,17+/m0/s1. The Morgan fingerprint density at radius 1 is 1.33 bits per heavy atom. The summed E-state index contributed by atoms with van der Waals surface area (Å²) < 4.78 is 54.6. The van der Waals surface area contributed by atoms with Crippen LogP contribution in [0.2, 0.25) is 0 Å². The highest BCUT2D eigenvalue weighted by Crippen LogP contribution is 2.31. The Balaban J connectivity index is 2.00. The predicted molar refractivity (Wildman–Crippen MR) is 98.3 cm³/mol. The number of hydrogen-bond donors (Lipinski definition) is 2. The Labute approximate surface area is 155 Å². The number of nitrogens with zero attached hydrogens (tertiary/aromatic N) is 2. The van der Waals surface area contributed by atoms with E-state index in [1.807, 2.05) is 11.9 Å². The number of nitrogens with two attached hydrogens (primary N) is 1. The zero-order valence-corrected chi connectivity index (χ0v) is 15.0. The van der Waals surface area contributed by atoms with Crippen molar-refractivity contribution in [1.82, 2.24) is 9.47 Å². The first kappa shape index (κ1) is 19.5. The topological polar surface area (TPSA) is 46.2 Å². The van der Waals surface area contributed by atoms with Crippen molar-refractivity contribution >= 4 is 16.6 Å². The van der Waals surface area contributed by atoms with E-state index in [0.717, 1.165) is 11.1 Å². The fourth-order valence-electron chi connectivity index (χ4n) is 3.42. The molecule has 2 atom stereocenters. The molecule has 0 amide bonds. The number of likely N-dealkylation sites (tertiary alicyclic amines) is 1. The van der Waals surface area contributed by atoms with Crippen LogP contribution in [-0.4, -0.2) is 54.5 Å². The molecule has 0 bridgehead atoms. The van der Waals surface area contributed by atoms with Crippen molar-refractivity contribution in [1.29, 1.82) is 0 Å². The lowest BCUT2D eigenvalue weighted by Gasteiger charge is -2.33. The molecule has 2 heterocycles. The van der Waals surface area contributed by atoms with Gasteiger partial charge in [-0.1, -0.05) is 12.0 Å². The second kappa shape index (κ2) is 7.79. The molecule has 1 aromatic heterocycles. The molecule has 4 nitrogen and oxygen atoms in total. The van der Waals surface area contributed by atoms with E-state index in [1.165, 1.54) is 0 Å². The average Bonchev–Trinajstić information content (AvgIpc) is 2.92. The molecule has 0 saturated carbocycles. The third-order valence-electron chi connectivity index (χ3n) is 4.69. The Hall–Kier alpha value is -2.24. The van der Waals surface area contributed by atoms with Crippen LogP contribution >= 0.6 is 0 Å². The van der Waals surface area contributed by atoms with Crippen molar-refractivity contribution in [2.24, 2.45) is 5.73 Å². The molecule has 27 heavy (non-hydrogen) atoms. The van der Waals surface area contributed by atoms with Crippen molar-refractivity contribution in [3.8, 4) is 11.8 Å². The molecular weight excluding hydrogens is 360 g/mol. The SMILES string of the molecule is CN1CC[C@@H](Nc2cccc3c2cc(C#CCN)n3CC(F)(F)F)[C@@H](F)C1. The minimum atomic E-state index is -4.38. The fraction of sp³-hybridized carbons (Fsp3) is 0.474. The third-order valence-corrected chi connectivity index (χ3v) is 4.69. The highest BCUT2D eigenvalue weighted by atomic mass is 19.4. The molecule has 3 N–H and O–H groups in total. The van der Waals surface area contributed by atoms with Crippen molar-refractivity contribution in [2.45, 2.75) is 31.4 Å². The predicted octanol–water partition coefficient (Wildman–Crippen LogP) is 2.97. The maximum atomic E-state index is 14.4. The van der Waals surface area contributed by atoms with E-state index >= 15 is 0 Å². The van der Waals surface area contributed by atoms with Crippen LogP contribution in [0.4, 0.5) is 23.2 Å². The van der Waals surface area contributed by atoms with Crippen LogP contribution in [0.1, 0.15) is 12.1 Å². The molecule has 1 fully saturated rings. The summed E-state index contributed by atoms with van der Waals surface area (Å²) in [6, 6.07) is 6.26. The van der Waals surface area contributed by atoms with E-state index in [4.69, 9.17) is 5.73 Å². The third kappa shape index (κ3) is 4.54. The monoisotopic (exact) mass is 382 g/mol. The highest BCUT2D eigenvalue weighted by molar-refractivity contribution is 5.94. The van der Waals surface area contributed by atoms with Crippen LogP contribution in [0.5, 0.6) is 0 Å². The molecule has 1 saturated heterocycles. The first-order chi connectivity index (χ1) is 12.8. The van der Waals surface area contributed by atoms with Gasteiger partial charge in [-0.15, -0.1) is 0 Å². The van der Waals surface area contributed by atoms with Crippen LogP contribution in [0, 0.1) is 11.8 Å². The lowest BCUT2D eigenvalue weighted by molar-refractivity contribution is -0.140. The summed E-state index contributed by atoms with van der Waals surface area (Å²) in [7, 11) is 1.86. The molecule has 0 radical (unpaired) electrons. The van der Waals surface area contributed by atoms with Gasteiger partial charge in [-0.2, -0.15) is 13.2 Å². The van der Waals surface area contributed by atoms with Crippen molar-refractivity contribution in [2.75, 3.05) is 32.0 Å². The van der Waals surface area contributed by atoms with Gasteiger partial charge in [0.25, 0.3) is 0 Å². The minimum absolute atomic E-state index is 0.0533. The zero-order chi connectivity index (χ0) is 19.6. The number of piperidine rings is 1. The van der Waals surface area contributed by atoms with Gasteiger partial charge in [-0.05, 0) is 37.6 Å². The van der Waals surface area contributed by atoms with Crippen LogP contribution in [0.15, 0.2) is 24.3 Å². The van der Waals surface area contributed by atoms with Crippen LogP contribution in [-0.2, 0) is 6.54 Å². The van der Waals surface area contributed by atoms with Crippen LogP contribution in [0.3, 0.4) is 0 Å². The summed E-state index contributed by atoms with van der Waals surface area (Å²) in [5, 5.41) is 3.78. The van der Waals surface area contributed by atoms with Crippen molar-refractivity contribution in [3.05, 3.63) is 30.0 Å². The summed E-state index contributed by atoms with van der Waals surface area (Å²) in [5.41, 5.74) is 6.62. The molecule has 1 aliphatic heterocycles. The first-order valence-corrected chi connectivity index (χ1v) is 8.75. The van der Waals surface area contributed by atoms with Crippen molar-refractivity contribution < 1.29 is 17.6 Å². The summed E-state index contributed by atoms with van der Waals surface area (Å²) >= 11 is 0. The Morgan fingerprint density at radius 2 is 2.11 bits per heavy atom. The maximum Gasteiger partial charge on any atom is 0.406 e. The van der Waals surface area contributed by atoms with Crippen LogP contribution < -0.4 is 11.1 Å². The second-order valence-corrected chi connectivity index (χ2v) is 6.79. The normalized spacial score (nSPS) is 21.1. The minimum Gasteiger partial charge on any atom is -0.379 e. The summed E-state index contributed by atoms with van der Waals surface area (Å²) in [5.74, 6) is 5.32. The Kier molecular flexibility index (Phi) is 5.63. The Bertz CT molecular complexity index is 862. The maximum absolute atomic E-state index is 14.4. The smallest absolute Gasteiger partial charge is 0.379 e. The molecule has 1 aromatic carbocycles. The molecule has 0 aliphatic carbocycles. The molecular formula is C19H22F4N4. The number of anilines is 1. The molecule has 2 aromatic rings. The summed E-state index contributed by atoms with van der Waals surface area (Å²) in [6.45, 7) is -0.00139. The van der Waals surface area contributed by atoms with Gasteiger partial charge in [0.05, 0.1) is 23.8 Å². The number of halogens is 4. The molecule has 1 aliphatic rings. The zero-order valence-electron chi connectivity index (χ0n) is 15.0. The van der Waals surface area contributed by atoms with Gasteiger partial charge >= 0.3 is 6.18 Å². The number of nitrogens with one attached hydrogen (secondary N) is 1. The van der Waals surface area contributed by atoms with Gasteiger partial charge in [-0.3, -0.25) is 0 Å². The van der Waals surface area contributed by atoms with Crippen molar-refractivity contribution in [3.63, 3.8) is 0 Å². The molecule has 8 heteroatoms. The van der Waals surface area contributed by atoms with E-state index in [9.17, 15) is 17.6 Å². The average molecular weight is 382 g/mol. The number of aromatic nitrogens is 1. The van der Waals surface area contributed by atoms with Gasteiger partial charge < -0.3 is 20.5 Å². The quantitative estimate of drug-likeness (QED) is 0.634. The number of fused-ring (bicyclic) bond motifs is 1. The number of alkyl halides is 4. The fourth-order valence-corrected chi connectivity index (χ4v) is 3.42. The van der Waals surface area contributed by atoms with Gasteiger partial charge in [0, 0.05) is 24.2 Å². The first-order valence-electron chi connectivity index (χ1n) is 8.75. The van der Waals surface area contributed by atoms with Gasteiger partial charge in [-0.25, -0.2) is 4.39 Å². The molecule has 0 unspecified atom stereocenters. The summed E-state index contributed by atoms with van der Waals surface area (Å²) in [6.07, 6.45) is -4.81. The number of benzene rings is 1. The lowest BCUT2D eigenvalue weighted by Crippen LogP contribution is -2.46. The van der Waals surface area contributed by atoms with Gasteiger partial charge in [0.1, 0.15) is 12.7 Å². The number of hydrogen-bond acceptors (Lipinski definition) is 3. The molecule has 0 spiro atoms. The van der Waals surface area contributed by atoms with E-state index < -0.39 is 18.9 Å². The largest absolute Gasteiger partial charge is 0.406 e. The summed E-state index contributed by atoms with van der Waals surface area (Å²) in [4.78, 5) is 1.92. The van der Waals surface area contributed by atoms with Gasteiger partial charge in [0.2, 0.25) is 0 Å². The Morgan fingerprint density at radius 3 is 2.78 bits per heavy atom. The van der Waals surface area contributed by atoms with E-state index in [0.29, 0.717) is 29.6 Å². The lowest BCUT2D eigenvalue weighted by atomic mass is 10.0. The highest BCUT2D eigenvalue weighted by Gasteiger charge is 2.31. The van der Waals surface area contributed by atoms with E-state index in [2.05, 4.69) is 17.2 Å². The molecule has 146 valence electrons. The van der Waals surface area contributed by atoms with Crippen LogP contribution in [0.25, 0.3) is 10.9 Å².